The molecule has 0 aromatic carbocycles. The van der Waals surface area contributed by atoms with Crippen molar-refractivity contribution in [1.82, 2.24) is 0 Å². The predicted octanol–water partition coefficient (Wildman–Crippen LogP) is 1.37. The van der Waals surface area contributed by atoms with E-state index in [1.807, 2.05) is 0 Å². The van der Waals surface area contributed by atoms with Gasteiger partial charge in [-0.05, 0) is 6.92 Å². The molecule has 0 N–H and O–H groups in total. The van der Waals surface area contributed by atoms with Crippen LogP contribution in [0.5, 0.6) is 0 Å². The van der Waals surface area contributed by atoms with Crippen LogP contribution in [0.2, 0.25) is 0 Å². The highest BCUT2D eigenvalue weighted by atomic mass is 16.6. The highest BCUT2D eigenvalue weighted by molar-refractivity contribution is 6.00. The fraction of sp³-hybridized carbons (Fsp3) is 0.111. The van der Waals surface area contributed by atoms with E-state index in [0.29, 0.717) is 0 Å². The van der Waals surface area contributed by atoms with E-state index in [1.165, 1.54) is 12.2 Å². The molecule has 3 heteroatoms. The minimum Gasteiger partial charge on any atom is -0.386 e. The SMILES string of the molecule is C=CC(=C)C(=O)OC(=O)C=CC. The maximum Gasteiger partial charge on any atom is 0.345 e. The van der Waals surface area contributed by atoms with Gasteiger partial charge in [-0.3, -0.25) is 0 Å². The van der Waals surface area contributed by atoms with Crippen molar-refractivity contribution in [1.29, 1.82) is 0 Å². The minimum atomic E-state index is -0.770. The zero-order chi connectivity index (χ0) is 9.56. The molecule has 0 radical (unpaired) electrons. The lowest BCUT2D eigenvalue weighted by molar-refractivity contribution is -0.152. The number of esters is 2. The molecule has 0 aromatic rings. The van der Waals surface area contributed by atoms with Crippen molar-refractivity contribution in [3.8, 4) is 0 Å². The Bertz CT molecular complexity index is 248. The lowest BCUT2D eigenvalue weighted by Crippen LogP contribution is -2.10. The molecule has 0 saturated heterocycles. The Morgan fingerprint density at radius 3 is 2.42 bits per heavy atom. The molecule has 0 spiro atoms. The van der Waals surface area contributed by atoms with Crippen molar-refractivity contribution in [3.63, 3.8) is 0 Å². The van der Waals surface area contributed by atoms with Gasteiger partial charge in [-0.2, -0.15) is 0 Å². The van der Waals surface area contributed by atoms with E-state index in [2.05, 4.69) is 17.9 Å². The van der Waals surface area contributed by atoms with Crippen molar-refractivity contribution < 1.29 is 14.3 Å². The summed E-state index contributed by atoms with van der Waals surface area (Å²) in [6.45, 7) is 8.27. The van der Waals surface area contributed by atoms with Crippen LogP contribution >= 0.6 is 0 Å². The Morgan fingerprint density at radius 2 is 2.00 bits per heavy atom. The molecule has 0 unspecified atom stereocenters. The summed E-state index contributed by atoms with van der Waals surface area (Å²) in [6.07, 6.45) is 3.85. The van der Waals surface area contributed by atoms with Crippen molar-refractivity contribution in [2.75, 3.05) is 0 Å². The number of carbonyl (C=O) groups excluding carboxylic acids is 2. The van der Waals surface area contributed by atoms with Crippen molar-refractivity contribution >= 4 is 11.9 Å². The van der Waals surface area contributed by atoms with Crippen LogP contribution in [0.4, 0.5) is 0 Å². The monoisotopic (exact) mass is 166 g/mol. The summed E-state index contributed by atoms with van der Waals surface area (Å²) in [5, 5.41) is 0. The van der Waals surface area contributed by atoms with E-state index in [0.717, 1.165) is 6.08 Å². The molecule has 0 aliphatic rings. The molecule has 0 aliphatic carbocycles. The summed E-state index contributed by atoms with van der Waals surface area (Å²) in [6, 6.07) is 0. The molecule has 12 heavy (non-hydrogen) atoms. The van der Waals surface area contributed by atoms with Crippen molar-refractivity contribution in [3.05, 3.63) is 37.0 Å². The number of allylic oxidation sites excluding steroid dienone is 1. The smallest absolute Gasteiger partial charge is 0.345 e. The first-order valence-electron chi connectivity index (χ1n) is 3.32. The second-order valence-electron chi connectivity index (χ2n) is 1.94. The van der Waals surface area contributed by atoms with Gasteiger partial charge < -0.3 is 4.74 Å². The van der Waals surface area contributed by atoms with Gasteiger partial charge in [0.05, 0.1) is 5.57 Å². The van der Waals surface area contributed by atoms with E-state index in [1.54, 1.807) is 6.92 Å². The summed E-state index contributed by atoms with van der Waals surface area (Å²) in [5.74, 6) is -1.47. The van der Waals surface area contributed by atoms with Crippen molar-refractivity contribution in [2.45, 2.75) is 6.92 Å². The number of hydrogen-bond donors (Lipinski definition) is 0. The fourth-order valence-corrected chi connectivity index (χ4v) is 0.410. The zero-order valence-electron chi connectivity index (χ0n) is 6.87. The van der Waals surface area contributed by atoms with Gasteiger partial charge in [-0.25, -0.2) is 9.59 Å². The van der Waals surface area contributed by atoms with Crippen LogP contribution in [-0.4, -0.2) is 11.9 Å². The first kappa shape index (κ1) is 10.4. The number of carbonyl (C=O) groups is 2. The van der Waals surface area contributed by atoms with Gasteiger partial charge in [0.25, 0.3) is 0 Å². The summed E-state index contributed by atoms with van der Waals surface area (Å²) in [7, 11) is 0. The molecule has 3 nitrogen and oxygen atoms in total. The standard InChI is InChI=1S/C9H10O3/c1-4-6-8(10)12-9(11)7(3)5-2/h4-6H,2-3H2,1H3. The fourth-order valence-electron chi connectivity index (χ4n) is 0.410. The van der Waals surface area contributed by atoms with Gasteiger partial charge in [-0.1, -0.05) is 25.3 Å². The molecule has 0 saturated carbocycles. The van der Waals surface area contributed by atoms with Crippen LogP contribution in [-0.2, 0) is 14.3 Å². The van der Waals surface area contributed by atoms with Gasteiger partial charge in [-0.15, -0.1) is 0 Å². The predicted molar refractivity (Wildman–Crippen MR) is 45.3 cm³/mol. The summed E-state index contributed by atoms with van der Waals surface area (Å²) in [4.78, 5) is 21.5. The third-order valence-electron chi connectivity index (χ3n) is 1.00. The molecule has 0 aliphatic heterocycles. The molecule has 0 bridgehead atoms. The van der Waals surface area contributed by atoms with Crippen LogP contribution in [0, 0.1) is 0 Å². The highest BCUT2D eigenvalue weighted by Gasteiger charge is 2.08. The normalized spacial score (nSPS) is 9.42. The molecule has 64 valence electrons. The van der Waals surface area contributed by atoms with E-state index >= 15 is 0 Å². The maximum atomic E-state index is 10.8. The van der Waals surface area contributed by atoms with Gasteiger partial charge in [0.1, 0.15) is 0 Å². The van der Waals surface area contributed by atoms with Crippen LogP contribution < -0.4 is 0 Å². The second kappa shape index (κ2) is 5.07. The first-order valence-corrected chi connectivity index (χ1v) is 3.32. The zero-order valence-corrected chi connectivity index (χ0v) is 6.87. The summed E-state index contributed by atoms with van der Waals surface area (Å²) >= 11 is 0. The molecule has 0 heterocycles. The third-order valence-corrected chi connectivity index (χ3v) is 1.00. The largest absolute Gasteiger partial charge is 0.386 e. The average Bonchev–Trinajstić information content (AvgIpc) is 2.03. The van der Waals surface area contributed by atoms with Crippen LogP contribution in [0.1, 0.15) is 6.92 Å². The van der Waals surface area contributed by atoms with E-state index in [-0.39, 0.29) is 5.57 Å². The Hall–Kier alpha value is -1.64. The first-order chi connectivity index (χ1) is 5.61. The summed E-state index contributed by atoms with van der Waals surface area (Å²) in [5.41, 5.74) is 0.0628. The highest BCUT2D eigenvalue weighted by Crippen LogP contribution is 1.95. The third kappa shape index (κ3) is 3.51. The number of rotatable bonds is 3. The Morgan fingerprint density at radius 1 is 1.42 bits per heavy atom. The minimum absolute atomic E-state index is 0.0628. The molecule has 0 atom stereocenters. The Balaban J connectivity index is 4.10. The quantitative estimate of drug-likeness (QED) is 0.275. The Kier molecular flexibility index (Phi) is 4.38. The van der Waals surface area contributed by atoms with Gasteiger partial charge in [0.15, 0.2) is 0 Å². The maximum absolute atomic E-state index is 10.8. The summed E-state index contributed by atoms with van der Waals surface area (Å²) < 4.78 is 4.31. The van der Waals surface area contributed by atoms with Crippen molar-refractivity contribution in [2.24, 2.45) is 0 Å². The van der Waals surface area contributed by atoms with Crippen LogP contribution in [0.25, 0.3) is 0 Å². The average molecular weight is 166 g/mol. The van der Waals surface area contributed by atoms with Crippen LogP contribution in [0.15, 0.2) is 37.0 Å². The van der Waals surface area contributed by atoms with E-state index < -0.39 is 11.9 Å². The lowest BCUT2D eigenvalue weighted by Gasteiger charge is -1.97. The molecule has 0 rings (SSSR count). The van der Waals surface area contributed by atoms with Gasteiger partial charge >= 0.3 is 11.9 Å². The number of hydrogen-bond acceptors (Lipinski definition) is 3. The molecule has 0 aromatic heterocycles. The van der Waals surface area contributed by atoms with Crippen LogP contribution in [0.3, 0.4) is 0 Å². The molecule has 0 amide bonds. The molecule has 0 fully saturated rings. The van der Waals surface area contributed by atoms with Gasteiger partial charge in [0, 0.05) is 6.08 Å². The molecular weight excluding hydrogens is 156 g/mol. The molecular formula is C9H10O3. The number of ether oxygens (including phenoxy) is 1. The second-order valence-corrected chi connectivity index (χ2v) is 1.94. The lowest BCUT2D eigenvalue weighted by atomic mass is 10.3. The topological polar surface area (TPSA) is 43.4 Å². The van der Waals surface area contributed by atoms with E-state index in [9.17, 15) is 9.59 Å². The Labute approximate surface area is 71.0 Å². The van der Waals surface area contributed by atoms with E-state index in [4.69, 9.17) is 0 Å². The van der Waals surface area contributed by atoms with Gasteiger partial charge in [0.2, 0.25) is 0 Å².